The molecule has 0 saturated carbocycles. The van der Waals surface area contributed by atoms with Gasteiger partial charge in [-0.25, -0.2) is 4.79 Å². The summed E-state index contributed by atoms with van der Waals surface area (Å²) in [6.07, 6.45) is 1.55. The summed E-state index contributed by atoms with van der Waals surface area (Å²) in [6, 6.07) is 9.66. The first-order valence-electron chi connectivity index (χ1n) is 4.88. The van der Waals surface area contributed by atoms with E-state index >= 15 is 0 Å². The fourth-order valence-electron chi connectivity index (χ4n) is 1.54. The molecule has 1 aliphatic heterocycles. The summed E-state index contributed by atoms with van der Waals surface area (Å²) >= 11 is 0. The van der Waals surface area contributed by atoms with Crippen LogP contribution >= 0.6 is 0 Å². The van der Waals surface area contributed by atoms with E-state index in [1.165, 1.54) is 0 Å². The molecule has 3 heteroatoms. The predicted octanol–water partition coefficient (Wildman–Crippen LogP) is 3.19. The minimum absolute atomic E-state index is 0.223. The van der Waals surface area contributed by atoms with Gasteiger partial charge in [-0.05, 0) is 18.6 Å². The molecule has 0 amide bonds. The highest BCUT2D eigenvalue weighted by Crippen LogP contribution is 2.30. The highest BCUT2D eigenvalue weighted by molar-refractivity contribution is 5.63. The molecule has 1 aliphatic rings. The first-order chi connectivity index (χ1) is 7.29. The molecule has 0 bridgehead atoms. The van der Waals surface area contributed by atoms with Gasteiger partial charge in [0.2, 0.25) is 0 Å². The van der Waals surface area contributed by atoms with Crippen molar-refractivity contribution >= 4 is 6.16 Å². The van der Waals surface area contributed by atoms with Gasteiger partial charge >= 0.3 is 6.16 Å². The number of hydrogen-bond donors (Lipinski definition) is 0. The van der Waals surface area contributed by atoms with Crippen LogP contribution in [0.3, 0.4) is 0 Å². The van der Waals surface area contributed by atoms with Crippen molar-refractivity contribution in [3.8, 4) is 0 Å². The van der Waals surface area contributed by atoms with E-state index < -0.39 is 6.16 Å². The summed E-state index contributed by atoms with van der Waals surface area (Å²) in [4.78, 5) is 11.1. The Morgan fingerprint density at radius 2 is 2.07 bits per heavy atom. The van der Waals surface area contributed by atoms with E-state index in [0.29, 0.717) is 12.2 Å². The molecule has 1 aromatic carbocycles. The lowest BCUT2D eigenvalue weighted by molar-refractivity contribution is 0.00450. The third-order valence-electron chi connectivity index (χ3n) is 2.33. The standard InChI is InChI=1S/C12H12O3/c1-2-10-8-11(15-12(13)14-10)9-6-4-3-5-7-9/h2-7,11H,8H2,1H3/b10-2+/t11-/m0/s1. The molecular formula is C12H12O3. The number of ether oxygens (including phenoxy) is 2. The van der Waals surface area contributed by atoms with E-state index in [1.807, 2.05) is 37.3 Å². The first kappa shape index (κ1) is 9.77. The molecule has 1 fully saturated rings. The van der Waals surface area contributed by atoms with Gasteiger partial charge < -0.3 is 9.47 Å². The van der Waals surface area contributed by atoms with Crippen molar-refractivity contribution in [3.05, 3.63) is 47.7 Å². The summed E-state index contributed by atoms with van der Waals surface area (Å²) in [5.41, 5.74) is 0.994. The van der Waals surface area contributed by atoms with E-state index in [0.717, 1.165) is 5.56 Å². The minimum Gasteiger partial charge on any atom is -0.425 e. The lowest BCUT2D eigenvalue weighted by Gasteiger charge is -2.24. The highest BCUT2D eigenvalue weighted by Gasteiger charge is 2.26. The van der Waals surface area contributed by atoms with Gasteiger partial charge in [-0.2, -0.15) is 0 Å². The fraction of sp³-hybridized carbons (Fsp3) is 0.250. The second kappa shape index (κ2) is 4.17. The van der Waals surface area contributed by atoms with Gasteiger partial charge in [0, 0.05) is 6.42 Å². The van der Waals surface area contributed by atoms with Gasteiger partial charge in [-0.3, -0.25) is 0 Å². The van der Waals surface area contributed by atoms with Crippen LogP contribution in [0.15, 0.2) is 42.2 Å². The molecule has 1 saturated heterocycles. The van der Waals surface area contributed by atoms with Crippen molar-refractivity contribution in [2.75, 3.05) is 0 Å². The lowest BCUT2D eigenvalue weighted by atomic mass is 10.1. The van der Waals surface area contributed by atoms with E-state index in [9.17, 15) is 4.79 Å². The molecule has 0 radical (unpaired) electrons. The lowest BCUT2D eigenvalue weighted by Crippen LogP contribution is -2.20. The normalized spacial score (nSPS) is 23.4. The molecule has 1 heterocycles. The molecule has 2 rings (SSSR count). The van der Waals surface area contributed by atoms with E-state index in [-0.39, 0.29) is 6.10 Å². The molecule has 0 spiro atoms. The quantitative estimate of drug-likeness (QED) is 0.659. The maximum Gasteiger partial charge on any atom is 0.514 e. The second-order valence-corrected chi connectivity index (χ2v) is 3.33. The summed E-state index contributed by atoms with van der Waals surface area (Å²) in [6.45, 7) is 1.84. The third-order valence-corrected chi connectivity index (χ3v) is 2.33. The van der Waals surface area contributed by atoms with Crippen LogP contribution in [-0.2, 0) is 9.47 Å². The zero-order chi connectivity index (χ0) is 10.7. The van der Waals surface area contributed by atoms with Gasteiger partial charge in [0.25, 0.3) is 0 Å². The van der Waals surface area contributed by atoms with Crippen molar-refractivity contribution in [2.45, 2.75) is 19.4 Å². The Kier molecular flexibility index (Phi) is 2.72. The Hall–Kier alpha value is -1.77. The van der Waals surface area contributed by atoms with Crippen LogP contribution < -0.4 is 0 Å². The monoisotopic (exact) mass is 204 g/mol. The van der Waals surface area contributed by atoms with Crippen LogP contribution in [0.1, 0.15) is 25.0 Å². The Bertz CT molecular complexity index is 381. The minimum atomic E-state index is -0.622. The molecule has 1 atom stereocenters. The topological polar surface area (TPSA) is 35.5 Å². The molecule has 1 aromatic rings. The molecular weight excluding hydrogens is 192 g/mol. The average molecular weight is 204 g/mol. The number of benzene rings is 1. The fourth-order valence-corrected chi connectivity index (χ4v) is 1.54. The Labute approximate surface area is 88.3 Å². The van der Waals surface area contributed by atoms with Crippen LogP contribution in [0.25, 0.3) is 0 Å². The maximum absolute atomic E-state index is 11.1. The average Bonchev–Trinajstić information content (AvgIpc) is 2.29. The zero-order valence-electron chi connectivity index (χ0n) is 8.47. The van der Waals surface area contributed by atoms with E-state index in [2.05, 4.69) is 0 Å². The van der Waals surface area contributed by atoms with Gasteiger partial charge in [-0.15, -0.1) is 0 Å². The number of allylic oxidation sites excluding steroid dienone is 1. The van der Waals surface area contributed by atoms with Gasteiger partial charge in [0.15, 0.2) is 0 Å². The SMILES string of the molecule is C/C=C1\C[C@@H](c2ccccc2)OC(=O)O1. The molecule has 0 N–H and O–H groups in total. The smallest absolute Gasteiger partial charge is 0.425 e. The van der Waals surface area contributed by atoms with Crippen molar-refractivity contribution < 1.29 is 14.3 Å². The van der Waals surface area contributed by atoms with Crippen LogP contribution in [0.4, 0.5) is 4.79 Å². The number of hydrogen-bond acceptors (Lipinski definition) is 3. The molecule has 78 valence electrons. The van der Waals surface area contributed by atoms with Crippen molar-refractivity contribution in [1.29, 1.82) is 0 Å². The number of carbonyl (C=O) groups is 1. The van der Waals surface area contributed by atoms with Crippen LogP contribution in [0, 0.1) is 0 Å². The molecule has 15 heavy (non-hydrogen) atoms. The third kappa shape index (κ3) is 2.18. The molecule has 0 aromatic heterocycles. The largest absolute Gasteiger partial charge is 0.514 e. The maximum atomic E-state index is 11.1. The zero-order valence-corrected chi connectivity index (χ0v) is 8.47. The van der Waals surface area contributed by atoms with Gasteiger partial charge in [-0.1, -0.05) is 30.3 Å². The van der Waals surface area contributed by atoms with Crippen molar-refractivity contribution in [2.24, 2.45) is 0 Å². The second-order valence-electron chi connectivity index (χ2n) is 3.33. The number of carbonyl (C=O) groups excluding carboxylic acids is 1. The van der Waals surface area contributed by atoms with E-state index in [1.54, 1.807) is 6.08 Å². The Balaban J connectivity index is 2.20. The van der Waals surface area contributed by atoms with Gasteiger partial charge in [0.05, 0.1) is 0 Å². The van der Waals surface area contributed by atoms with Crippen molar-refractivity contribution in [3.63, 3.8) is 0 Å². The molecule has 0 unspecified atom stereocenters. The molecule has 3 nitrogen and oxygen atoms in total. The summed E-state index contributed by atoms with van der Waals surface area (Å²) in [5.74, 6) is 0.667. The summed E-state index contributed by atoms with van der Waals surface area (Å²) in [7, 11) is 0. The highest BCUT2D eigenvalue weighted by atomic mass is 16.7. The number of cyclic esters (lactones) is 2. The Morgan fingerprint density at radius 3 is 2.73 bits per heavy atom. The van der Waals surface area contributed by atoms with E-state index in [4.69, 9.17) is 9.47 Å². The van der Waals surface area contributed by atoms with Crippen molar-refractivity contribution in [1.82, 2.24) is 0 Å². The molecule has 0 aliphatic carbocycles. The predicted molar refractivity (Wildman–Crippen MR) is 55.1 cm³/mol. The van der Waals surface area contributed by atoms with Gasteiger partial charge in [0.1, 0.15) is 11.9 Å². The summed E-state index contributed by atoms with van der Waals surface area (Å²) < 4.78 is 9.99. The number of rotatable bonds is 1. The first-order valence-corrected chi connectivity index (χ1v) is 4.88. The van der Waals surface area contributed by atoms with Crippen LogP contribution in [-0.4, -0.2) is 6.16 Å². The van der Waals surface area contributed by atoms with Crippen LogP contribution in [0.5, 0.6) is 0 Å². The summed E-state index contributed by atoms with van der Waals surface area (Å²) in [5, 5.41) is 0. The van der Waals surface area contributed by atoms with Crippen LogP contribution in [0.2, 0.25) is 0 Å². The Morgan fingerprint density at radius 1 is 1.33 bits per heavy atom.